The highest BCUT2D eigenvalue weighted by molar-refractivity contribution is 6.37. The van der Waals surface area contributed by atoms with Crippen molar-refractivity contribution in [3.05, 3.63) is 46.3 Å². The Kier molecular flexibility index (Phi) is 5.12. The van der Waals surface area contributed by atoms with E-state index in [1.165, 1.54) is 12.1 Å². The minimum Gasteiger partial charge on any atom is -0.468 e. The molecule has 1 heterocycles. The predicted molar refractivity (Wildman–Crippen MR) is 84.5 cm³/mol. The van der Waals surface area contributed by atoms with Crippen molar-refractivity contribution in [3.8, 4) is 0 Å². The first-order valence-corrected chi connectivity index (χ1v) is 6.96. The third-order valence-electron chi connectivity index (χ3n) is 2.77. The molecular formula is C14H15Cl2N3O2. The lowest BCUT2D eigenvalue weighted by atomic mass is 10.2. The zero-order valence-corrected chi connectivity index (χ0v) is 12.9. The number of hydrogen-bond acceptors (Lipinski definition) is 4. The molecule has 0 fully saturated rings. The maximum Gasteiger partial charge on any atom is 0.238 e. The smallest absolute Gasteiger partial charge is 0.238 e. The second kappa shape index (κ2) is 6.85. The van der Waals surface area contributed by atoms with Crippen LogP contribution in [0.4, 0.5) is 11.4 Å². The minimum absolute atomic E-state index is 0.180. The van der Waals surface area contributed by atoms with E-state index < -0.39 is 0 Å². The summed E-state index contributed by atoms with van der Waals surface area (Å²) in [4.78, 5) is 13.8. The number of nitrogen functional groups attached to an aromatic ring is 1. The van der Waals surface area contributed by atoms with E-state index in [1.54, 1.807) is 12.3 Å². The highest BCUT2D eigenvalue weighted by Crippen LogP contribution is 2.31. The van der Waals surface area contributed by atoms with E-state index in [2.05, 4.69) is 5.32 Å². The molecule has 0 aliphatic carbocycles. The van der Waals surface area contributed by atoms with Gasteiger partial charge in [-0.15, -0.1) is 0 Å². The van der Waals surface area contributed by atoms with Crippen LogP contribution in [0.5, 0.6) is 0 Å². The molecule has 21 heavy (non-hydrogen) atoms. The first-order chi connectivity index (χ1) is 9.95. The van der Waals surface area contributed by atoms with Crippen LogP contribution in [0.15, 0.2) is 34.9 Å². The molecule has 3 N–H and O–H groups in total. The van der Waals surface area contributed by atoms with Gasteiger partial charge in [0.05, 0.1) is 35.8 Å². The fraction of sp³-hybridized carbons (Fsp3) is 0.214. The molecule has 1 aromatic carbocycles. The number of carbonyl (C=O) groups excluding carboxylic acids is 1. The van der Waals surface area contributed by atoms with Crippen LogP contribution in [-0.4, -0.2) is 24.4 Å². The standard InChI is InChI=1S/C14H15Cl2N3O2/c1-19(7-10-3-2-4-21-10)8-13(20)18-14-11(16)5-9(15)6-12(14)17/h2-6H,7-8,17H2,1H3,(H,18,20). The maximum absolute atomic E-state index is 12.0. The molecule has 1 aromatic heterocycles. The first-order valence-electron chi connectivity index (χ1n) is 6.21. The molecule has 7 heteroatoms. The molecule has 0 saturated carbocycles. The van der Waals surface area contributed by atoms with Crippen molar-refractivity contribution in [1.29, 1.82) is 0 Å². The lowest BCUT2D eigenvalue weighted by Crippen LogP contribution is -2.30. The molecule has 0 aliphatic rings. The molecule has 0 radical (unpaired) electrons. The van der Waals surface area contributed by atoms with E-state index >= 15 is 0 Å². The van der Waals surface area contributed by atoms with Gasteiger partial charge in [0.15, 0.2) is 0 Å². The SMILES string of the molecule is CN(CC(=O)Nc1c(N)cc(Cl)cc1Cl)Cc1ccco1. The summed E-state index contributed by atoms with van der Waals surface area (Å²) in [5, 5.41) is 3.42. The Morgan fingerprint density at radius 2 is 2.19 bits per heavy atom. The number of anilines is 2. The summed E-state index contributed by atoms with van der Waals surface area (Å²) in [5.74, 6) is 0.564. The Morgan fingerprint density at radius 1 is 1.43 bits per heavy atom. The largest absolute Gasteiger partial charge is 0.468 e. The van der Waals surface area contributed by atoms with E-state index in [1.807, 2.05) is 18.0 Å². The molecule has 2 aromatic rings. The van der Waals surface area contributed by atoms with E-state index in [0.29, 0.717) is 28.0 Å². The van der Waals surface area contributed by atoms with Crippen LogP contribution < -0.4 is 11.1 Å². The average Bonchev–Trinajstić information content (AvgIpc) is 2.86. The zero-order chi connectivity index (χ0) is 15.4. The van der Waals surface area contributed by atoms with Gasteiger partial charge in [0, 0.05) is 5.02 Å². The highest BCUT2D eigenvalue weighted by atomic mass is 35.5. The Morgan fingerprint density at radius 3 is 2.81 bits per heavy atom. The van der Waals surface area contributed by atoms with Gasteiger partial charge in [-0.3, -0.25) is 9.69 Å². The second-order valence-electron chi connectivity index (χ2n) is 4.65. The molecule has 0 aliphatic heterocycles. The van der Waals surface area contributed by atoms with Crippen LogP contribution in [0.2, 0.25) is 10.0 Å². The lowest BCUT2D eigenvalue weighted by Gasteiger charge is -2.16. The Labute approximate surface area is 132 Å². The Hall–Kier alpha value is -1.69. The fourth-order valence-corrected chi connectivity index (χ4v) is 2.43. The monoisotopic (exact) mass is 327 g/mol. The van der Waals surface area contributed by atoms with Crippen LogP contribution in [0.1, 0.15) is 5.76 Å². The van der Waals surface area contributed by atoms with Gasteiger partial charge < -0.3 is 15.5 Å². The lowest BCUT2D eigenvalue weighted by molar-refractivity contribution is -0.117. The number of carbonyl (C=O) groups is 1. The predicted octanol–water partition coefficient (Wildman–Crippen LogP) is 3.24. The summed E-state index contributed by atoms with van der Waals surface area (Å²) in [6, 6.07) is 6.72. The van der Waals surface area contributed by atoms with Gasteiger partial charge >= 0.3 is 0 Å². The molecule has 2 rings (SSSR count). The van der Waals surface area contributed by atoms with Crippen LogP contribution in [-0.2, 0) is 11.3 Å². The summed E-state index contributed by atoms with van der Waals surface area (Å²) in [6.45, 7) is 0.712. The van der Waals surface area contributed by atoms with Gasteiger partial charge in [0.25, 0.3) is 0 Å². The molecule has 0 saturated heterocycles. The number of rotatable bonds is 5. The van der Waals surface area contributed by atoms with Gasteiger partial charge in [-0.2, -0.15) is 0 Å². The van der Waals surface area contributed by atoms with Crippen LogP contribution in [0.25, 0.3) is 0 Å². The zero-order valence-electron chi connectivity index (χ0n) is 11.4. The number of nitrogens with zero attached hydrogens (tertiary/aromatic N) is 1. The third kappa shape index (κ3) is 4.39. The number of benzene rings is 1. The summed E-state index contributed by atoms with van der Waals surface area (Å²) < 4.78 is 5.23. The molecule has 0 unspecified atom stereocenters. The molecule has 0 spiro atoms. The topological polar surface area (TPSA) is 71.5 Å². The quantitative estimate of drug-likeness (QED) is 0.827. The number of hydrogen-bond donors (Lipinski definition) is 2. The number of furan rings is 1. The van der Waals surface area contributed by atoms with Crippen molar-refractivity contribution in [2.45, 2.75) is 6.54 Å². The van der Waals surface area contributed by atoms with Crippen molar-refractivity contribution >= 4 is 40.5 Å². The van der Waals surface area contributed by atoms with Crippen LogP contribution in [0, 0.1) is 0 Å². The second-order valence-corrected chi connectivity index (χ2v) is 5.50. The highest BCUT2D eigenvalue weighted by Gasteiger charge is 2.13. The molecule has 0 atom stereocenters. The minimum atomic E-state index is -0.222. The Balaban J connectivity index is 1.95. The van der Waals surface area contributed by atoms with Gasteiger partial charge in [-0.05, 0) is 31.3 Å². The van der Waals surface area contributed by atoms with Gasteiger partial charge in [0.1, 0.15) is 5.76 Å². The van der Waals surface area contributed by atoms with Crippen molar-refractivity contribution < 1.29 is 9.21 Å². The van der Waals surface area contributed by atoms with Crippen molar-refractivity contribution in [2.24, 2.45) is 0 Å². The molecule has 0 bridgehead atoms. The van der Waals surface area contributed by atoms with E-state index in [9.17, 15) is 4.79 Å². The van der Waals surface area contributed by atoms with E-state index in [0.717, 1.165) is 5.76 Å². The summed E-state index contributed by atoms with van der Waals surface area (Å²) >= 11 is 11.8. The number of nitrogens with two attached hydrogens (primary N) is 1. The maximum atomic E-state index is 12.0. The van der Waals surface area contributed by atoms with Crippen molar-refractivity contribution in [2.75, 3.05) is 24.6 Å². The number of amides is 1. The fourth-order valence-electron chi connectivity index (χ4n) is 1.87. The van der Waals surface area contributed by atoms with Gasteiger partial charge in [-0.1, -0.05) is 23.2 Å². The Bertz CT molecular complexity index is 606. The summed E-state index contributed by atoms with van der Waals surface area (Å²) in [6.07, 6.45) is 1.59. The molecule has 1 amide bonds. The molecule has 5 nitrogen and oxygen atoms in total. The van der Waals surface area contributed by atoms with Crippen molar-refractivity contribution in [1.82, 2.24) is 4.90 Å². The van der Waals surface area contributed by atoms with Crippen LogP contribution in [0.3, 0.4) is 0 Å². The normalized spacial score (nSPS) is 10.9. The molecular weight excluding hydrogens is 313 g/mol. The van der Waals surface area contributed by atoms with Gasteiger partial charge in [0.2, 0.25) is 5.91 Å². The first kappa shape index (κ1) is 15.7. The molecule has 112 valence electrons. The van der Waals surface area contributed by atoms with Gasteiger partial charge in [-0.25, -0.2) is 0 Å². The third-order valence-corrected chi connectivity index (χ3v) is 3.29. The van der Waals surface area contributed by atoms with E-state index in [4.69, 9.17) is 33.4 Å². The van der Waals surface area contributed by atoms with Crippen LogP contribution >= 0.6 is 23.2 Å². The number of likely N-dealkylation sites (N-methyl/N-ethyl adjacent to an activating group) is 1. The van der Waals surface area contributed by atoms with Crippen molar-refractivity contribution in [3.63, 3.8) is 0 Å². The summed E-state index contributed by atoms with van der Waals surface area (Å²) in [5.41, 5.74) is 6.50. The van der Waals surface area contributed by atoms with E-state index in [-0.39, 0.29) is 12.5 Å². The average molecular weight is 328 g/mol. The summed E-state index contributed by atoms with van der Waals surface area (Å²) in [7, 11) is 1.81. The number of halogens is 2. The number of nitrogens with one attached hydrogen (secondary N) is 1.